The van der Waals surface area contributed by atoms with Gasteiger partial charge in [-0.2, -0.15) is 5.10 Å². The third-order valence-electron chi connectivity index (χ3n) is 3.05. The van der Waals surface area contributed by atoms with Crippen LogP contribution in [0.2, 0.25) is 0 Å². The summed E-state index contributed by atoms with van der Waals surface area (Å²) in [6.07, 6.45) is 3.76. The zero-order valence-electron chi connectivity index (χ0n) is 11.1. The molecule has 21 heavy (non-hydrogen) atoms. The molecule has 0 aliphatic heterocycles. The summed E-state index contributed by atoms with van der Waals surface area (Å²) in [5.41, 5.74) is 2.35. The van der Waals surface area contributed by atoms with Gasteiger partial charge in [-0.15, -0.1) is 11.3 Å². The number of thiophene rings is 1. The number of hydrogen-bond donors (Lipinski definition) is 1. The molecule has 0 fully saturated rings. The molecule has 108 valence electrons. The van der Waals surface area contributed by atoms with Gasteiger partial charge in [-0.05, 0) is 55.6 Å². The van der Waals surface area contributed by atoms with Gasteiger partial charge in [0.2, 0.25) is 0 Å². The Balaban J connectivity index is 1.68. The number of nitrogens with zero attached hydrogens (tertiary/aromatic N) is 2. The topological polar surface area (TPSA) is 29.9 Å². The SMILES string of the molecule is Brc1cc(CNCc2ccccc2-n2cccn2)sc1Br. The summed E-state index contributed by atoms with van der Waals surface area (Å²) in [4.78, 5) is 1.30. The largest absolute Gasteiger partial charge is 0.308 e. The molecule has 0 bridgehead atoms. The van der Waals surface area contributed by atoms with Gasteiger partial charge < -0.3 is 5.32 Å². The Morgan fingerprint density at radius 2 is 2.00 bits per heavy atom. The molecule has 2 aromatic heterocycles. The fourth-order valence-electron chi connectivity index (χ4n) is 2.09. The highest BCUT2D eigenvalue weighted by Gasteiger charge is 2.06. The Labute approximate surface area is 144 Å². The summed E-state index contributed by atoms with van der Waals surface area (Å²) in [5.74, 6) is 0. The zero-order chi connectivity index (χ0) is 14.7. The average molecular weight is 427 g/mol. The predicted octanol–water partition coefficient (Wildman–Crippen LogP) is 4.75. The molecule has 0 amide bonds. The molecule has 0 saturated heterocycles. The first kappa shape index (κ1) is 15.0. The molecule has 2 heterocycles. The first-order chi connectivity index (χ1) is 10.2. The number of para-hydroxylation sites is 1. The highest BCUT2D eigenvalue weighted by molar-refractivity contribution is 9.13. The van der Waals surface area contributed by atoms with Crippen molar-refractivity contribution in [2.24, 2.45) is 0 Å². The molecule has 0 spiro atoms. The molecule has 1 aromatic carbocycles. The second-order valence-corrected chi connectivity index (χ2v) is 7.83. The minimum Gasteiger partial charge on any atom is -0.308 e. The lowest BCUT2D eigenvalue weighted by molar-refractivity contribution is 0.693. The number of rotatable bonds is 5. The van der Waals surface area contributed by atoms with E-state index in [-0.39, 0.29) is 0 Å². The van der Waals surface area contributed by atoms with E-state index in [2.05, 4.69) is 66.5 Å². The van der Waals surface area contributed by atoms with Crippen LogP contribution >= 0.6 is 43.2 Å². The van der Waals surface area contributed by atoms with Crippen LogP contribution < -0.4 is 5.32 Å². The quantitative estimate of drug-likeness (QED) is 0.637. The van der Waals surface area contributed by atoms with Gasteiger partial charge in [-0.3, -0.25) is 0 Å². The van der Waals surface area contributed by atoms with Crippen LogP contribution in [0.3, 0.4) is 0 Å². The maximum Gasteiger partial charge on any atom is 0.0843 e. The molecule has 0 aliphatic carbocycles. The van der Waals surface area contributed by atoms with Gasteiger partial charge in [0.1, 0.15) is 0 Å². The second kappa shape index (κ2) is 6.87. The number of nitrogens with one attached hydrogen (secondary N) is 1. The van der Waals surface area contributed by atoms with E-state index in [0.717, 1.165) is 27.0 Å². The highest BCUT2D eigenvalue weighted by atomic mass is 79.9. The first-order valence-corrected chi connectivity index (χ1v) is 8.86. The molecule has 3 aromatic rings. The molecule has 0 radical (unpaired) electrons. The van der Waals surface area contributed by atoms with Gasteiger partial charge in [-0.1, -0.05) is 18.2 Å². The second-order valence-electron chi connectivity index (χ2n) is 4.52. The predicted molar refractivity (Wildman–Crippen MR) is 93.8 cm³/mol. The lowest BCUT2D eigenvalue weighted by atomic mass is 10.2. The Morgan fingerprint density at radius 1 is 1.14 bits per heavy atom. The van der Waals surface area contributed by atoms with Gasteiger partial charge in [0, 0.05) is 34.8 Å². The first-order valence-electron chi connectivity index (χ1n) is 6.46. The van der Waals surface area contributed by atoms with E-state index >= 15 is 0 Å². The molecule has 3 nitrogen and oxygen atoms in total. The molecule has 0 unspecified atom stereocenters. The smallest absolute Gasteiger partial charge is 0.0843 e. The van der Waals surface area contributed by atoms with Gasteiger partial charge in [-0.25, -0.2) is 4.68 Å². The number of halogens is 2. The highest BCUT2D eigenvalue weighted by Crippen LogP contribution is 2.32. The fraction of sp³-hybridized carbons (Fsp3) is 0.133. The minimum atomic E-state index is 0.809. The molecule has 6 heteroatoms. The third kappa shape index (κ3) is 3.63. The summed E-state index contributed by atoms with van der Waals surface area (Å²) < 4.78 is 4.15. The standard InChI is InChI=1S/C15H13Br2N3S/c16-13-8-12(21-15(13)17)10-18-9-11-4-1-2-5-14(11)20-7-3-6-19-20/h1-8,18H,9-10H2. The zero-order valence-corrected chi connectivity index (χ0v) is 15.1. The van der Waals surface area contributed by atoms with Crippen molar-refractivity contribution in [2.45, 2.75) is 13.1 Å². The van der Waals surface area contributed by atoms with Crippen LogP contribution in [-0.2, 0) is 13.1 Å². The molecule has 3 rings (SSSR count). The van der Waals surface area contributed by atoms with E-state index in [0.29, 0.717) is 0 Å². The lowest BCUT2D eigenvalue weighted by Gasteiger charge is -2.10. The summed E-state index contributed by atoms with van der Waals surface area (Å²) >= 11 is 8.78. The Kier molecular flexibility index (Phi) is 4.90. The van der Waals surface area contributed by atoms with E-state index in [1.165, 1.54) is 10.4 Å². The Hall–Kier alpha value is -0.950. The van der Waals surface area contributed by atoms with Crippen molar-refractivity contribution in [3.05, 3.63) is 67.5 Å². The monoisotopic (exact) mass is 425 g/mol. The molecular formula is C15H13Br2N3S. The minimum absolute atomic E-state index is 0.809. The molecule has 1 N–H and O–H groups in total. The van der Waals surface area contributed by atoms with Crippen LogP contribution in [0.5, 0.6) is 0 Å². The van der Waals surface area contributed by atoms with E-state index < -0.39 is 0 Å². The van der Waals surface area contributed by atoms with Crippen molar-refractivity contribution in [3.63, 3.8) is 0 Å². The molecule has 0 atom stereocenters. The fourth-order valence-corrected chi connectivity index (χ4v) is 4.24. The van der Waals surface area contributed by atoms with Gasteiger partial charge in [0.25, 0.3) is 0 Å². The van der Waals surface area contributed by atoms with Crippen molar-refractivity contribution >= 4 is 43.2 Å². The number of hydrogen-bond acceptors (Lipinski definition) is 3. The Morgan fingerprint density at radius 3 is 2.71 bits per heavy atom. The van der Waals surface area contributed by atoms with Gasteiger partial charge in [0.15, 0.2) is 0 Å². The van der Waals surface area contributed by atoms with Crippen molar-refractivity contribution in [1.82, 2.24) is 15.1 Å². The van der Waals surface area contributed by atoms with Crippen LogP contribution in [0.1, 0.15) is 10.4 Å². The van der Waals surface area contributed by atoms with Crippen molar-refractivity contribution in [2.75, 3.05) is 0 Å². The van der Waals surface area contributed by atoms with Crippen molar-refractivity contribution in [3.8, 4) is 5.69 Å². The maximum atomic E-state index is 4.31. The van der Waals surface area contributed by atoms with E-state index in [9.17, 15) is 0 Å². The van der Waals surface area contributed by atoms with Crippen molar-refractivity contribution < 1.29 is 0 Å². The average Bonchev–Trinajstić information content (AvgIpc) is 3.11. The van der Waals surface area contributed by atoms with Gasteiger partial charge >= 0.3 is 0 Å². The summed E-state index contributed by atoms with van der Waals surface area (Å²) in [7, 11) is 0. The maximum absolute atomic E-state index is 4.31. The van der Waals surface area contributed by atoms with E-state index in [4.69, 9.17) is 0 Å². The summed E-state index contributed by atoms with van der Waals surface area (Å²) in [6.45, 7) is 1.66. The normalized spacial score (nSPS) is 11.0. The lowest BCUT2D eigenvalue weighted by Crippen LogP contribution is -2.14. The van der Waals surface area contributed by atoms with Crippen LogP contribution in [0.25, 0.3) is 5.69 Å². The van der Waals surface area contributed by atoms with E-state index in [1.54, 1.807) is 17.5 Å². The van der Waals surface area contributed by atoms with E-state index in [1.807, 2.05) is 23.0 Å². The van der Waals surface area contributed by atoms with Crippen LogP contribution in [0.15, 0.2) is 57.1 Å². The Bertz CT molecular complexity index is 703. The van der Waals surface area contributed by atoms with Crippen molar-refractivity contribution in [1.29, 1.82) is 0 Å². The summed E-state index contributed by atoms with van der Waals surface area (Å²) in [6, 6.07) is 12.4. The van der Waals surface area contributed by atoms with Crippen LogP contribution in [0.4, 0.5) is 0 Å². The molecule has 0 aliphatic rings. The third-order valence-corrected chi connectivity index (χ3v) is 6.31. The van der Waals surface area contributed by atoms with Crippen LogP contribution in [0, 0.1) is 0 Å². The number of benzene rings is 1. The molecular weight excluding hydrogens is 414 g/mol. The number of aromatic nitrogens is 2. The molecule has 0 saturated carbocycles. The van der Waals surface area contributed by atoms with Gasteiger partial charge in [0.05, 0.1) is 9.47 Å². The summed E-state index contributed by atoms with van der Waals surface area (Å²) in [5, 5.41) is 7.80. The van der Waals surface area contributed by atoms with Crippen LogP contribution in [-0.4, -0.2) is 9.78 Å².